The summed E-state index contributed by atoms with van der Waals surface area (Å²) in [5.74, 6) is 0.133. The first kappa shape index (κ1) is 15.3. The lowest BCUT2D eigenvalue weighted by Gasteiger charge is -2.09. The lowest BCUT2D eigenvalue weighted by atomic mass is 10.3. The molecule has 0 aliphatic rings. The molecule has 1 aromatic heterocycles. The summed E-state index contributed by atoms with van der Waals surface area (Å²) in [7, 11) is 1.63. The van der Waals surface area contributed by atoms with Gasteiger partial charge in [-0.05, 0) is 38.5 Å². The van der Waals surface area contributed by atoms with E-state index in [1.807, 2.05) is 0 Å². The number of nitrogens with zero attached hydrogens (tertiary/aromatic N) is 4. The normalized spacial score (nSPS) is 11.0. The molecule has 1 heterocycles. The van der Waals surface area contributed by atoms with Gasteiger partial charge in [0.05, 0.1) is 18.2 Å². The SMILES string of the molecule is COCCNCc1nnnn1-c1c(Cl)cc(F)cc1Br. The van der Waals surface area contributed by atoms with Crippen LogP contribution in [-0.2, 0) is 11.3 Å². The maximum absolute atomic E-state index is 13.2. The van der Waals surface area contributed by atoms with E-state index in [1.54, 1.807) is 7.11 Å². The molecule has 108 valence electrons. The van der Waals surface area contributed by atoms with Gasteiger partial charge in [-0.15, -0.1) is 5.10 Å². The Kier molecular flexibility index (Phi) is 5.41. The summed E-state index contributed by atoms with van der Waals surface area (Å²) in [6.07, 6.45) is 0. The second kappa shape index (κ2) is 7.07. The van der Waals surface area contributed by atoms with Gasteiger partial charge in [-0.3, -0.25) is 0 Å². The van der Waals surface area contributed by atoms with E-state index in [9.17, 15) is 4.39 Å². The highest BCUT2D eigenvalue weighted by molar-refractivity contribution is 9.10. The van der Waals surface area contributed by atoms with Crippen LogP contribution in [0.25, 0.3) is 5.69 Å². The Hall–Kier alpha value is -1.09. The predicted molar refractivity (Wildman–Crippen MR) is 75.4 cm³/mol. The maximum atomic E-state index is 13.2. The van der Waals surface area contributed by atoms with Crippen LogP contribution < -0.4 is 5.32 Å². The van der Waals surface area contributed by atoms with Gasteiger partial charge in [0, 0.05) is 18.1 Å². The van der Waals surface area contributed by atoms with Gasteiger partial charge in [-0.1, -0.05) is 11.6 Å². The van der Waals surface area contributed by atoms with Crippen LogP contribution in [0.15, 0.2) is 16.6 Å². The molecule has 0 atom stereocenters. The number of rotatable bonds is 6. The van der Waals surface area contributed by atoms with Crippen molar-refractivity contribution < 1.29 is 9.13 Å². The highest BCUT2D eigenvalue weighted by atomic mass is 79.9. The van der Waals surface area contributed by atoms with Gasteiger partial charge in [0.25, 0.3) is 0 Å². The van der Waals surface area contributed by atoms with Crippen LogP contribution in [0.2, 0.25) is 5.02 Å². The van der Waals surface area contributed by atoms with Crippen LogP contribution in [0.4, 0.5) is 4.39 Å². The second-order valence-corrected chi connectivity index (χ2v) is 5.16. The number of ether oxygens (including phenoxy) is 1. The first-order chi connectivity index (χ1) is 9.63. The summed E-state index contributed by atoms with van der Waals surface area (Å²) in [6.45, 7) is 1.70. The molecule has 20 heavy (non-hydrogen) atoms. The molecule has 0 aliphatic carbocycles. The van der Waals surface area contributed by atoms with E-state index < -0.39 is 5.82 Å². The fraction of sp³-hybridized carbons (Fsp3) is 0.364. The first-order valence-corrected chi connectivity index (χ1v) is 6.92. The Morgan fingerprint density at radius 2 is 2.30 bits per heavy atom. The molecule has 0 spiro atoms. The molecular weight excluding hydrogens is 353 g/mol. The molecule has 0 amide bonds. The molecule has 1 aromatic carbocycles. The molecule has 0 fully saturated rings. The van der Waals surface area contributed by atoms with Gasteiger partial charge in [-0.25, -0.2) is 4.39 Å². The molecule has 0 radical (unpaired) electrons. The van der Waals surface area contributed by atoms with Crippen LogP contribution in [0.5, 0.6) is 0 Å². The standard InChI is InChI=1S/C11H12BrClFN5O/c1-20-3-2-15-6-10-16-17-18-19(10)11-8(12)4-7(14)5-9(11)13/h4-5,15H,2-3,6H2,1H3. The summed E-state index contributed by atoms with van der Waals surface area (Å²) in [4.78, 5) is 0. The summed E-state index contributed by atoms with van der Waals surface area (Å²) in [6, 6.07) is 2.52. The minimum Gasteiger partial charge on any atom is -0.383 e. The monoisotopic (exact) mass is 363 g/mol. The number of halogens is 3. The summed E-state index contributed by atoms with van der Waals surface area (Å²) in [5.41, 5.74) is 0.501. The van der Waals surface area contributed by atoms with Crippen LogP contribution in [0, 0.1) is 5.82 Å². The average Bonchev–Trinajstić information content (AvgIpc) is 2.82. The molecule has 0 saturated heterocycles. The highest BCUT2D eigenvalue weighted by Gasteiger charge is 2.15. The van der Waals surface area contributed by atoms with Crippen LogP contribution in [-0.4, -0.2) is 40.5 Å². The predicted octanol–water partition coefficient (Wildman–Crippen LogP) is 1.95. The Labute approximate surface area is 128 Å². The molecule has 0 aliphatic heterocycles. The lowest BCUT2D eigenvalue weighted by molar-refractivity contribution is 0.199. The summed E-state index contributed by atoms with van der Waals surface area (Å²) in [5, 5.41) is 14.8. The third kappa shape index (κ3) is 3.51. The molecular formula is C11H12BrClFN5O. The van der Waals surface area contributed by atoms with E-state index in [0.29, 0.717) is 35.7 Å². The number of hydrogen-bond acceptors (Lipinski definition) is 5. The van der Waals surface area contributed by atoms with Crippen molar-refractivity contribution in [1.82, 2.24) is 25.5 Å². The van der Waals surface area contributed by atoms with Crippen molar-refractivity contribution in [2.24, 2.45) is 0 Å². The van der Waals surface area contributed by atoms with Gasteiger partial charge < -0.3 is 10.1 Å². The number of nitrogens with one attached hydrogen (secondary N) is 1. The zero-order chi connectivity index (χ0) is 14.5. The Balaban J connectivity index is 2.24. The average molecular weight is 365 g/mol. The minimum absolute atomic E-state index is 0.224. The quantitative estimate of drug-likeness (QED) is 0.794. The molecule has 6 nitrogen and oxygen atoms in total. The molecule has 0 saturated carbocycles. The number of aromatic nitrogens is 4. The Morgan fingerprint density at radius 1 is 1.50 bits per heavy atom. The molecule has 1 N–H and O–H groups in total. The topological polar surface area (TPSA) is 64.9 Å². The van der Waals surface area contributed by atoms with Crippen LogP contribution >= 0.6 is 27.5 Å². The van der Waals surface area contributed by atoms with Crippen molar-refractivity contribution >= 4 is 27.5 Å². The van der Waals surface area contributed by atoms with E-state index in [0.717, 1.165) is 0 Å². The number of hydrogen-bond donors (Lipinski definition) is 1. The number of benzene rings is 1. The molecule has 0 bridgehead atoms. The van der Waals surface area contributed by atoms with Crippen molar-refractivity contribution in [1.29, 1.82) is 0 Å². The third-order valence-corrected chi connectivity index (χ3v) is 3.39. The van der Waals surface area contributed by atoms with Gasteiger partial charge >= 0.3 is 0 Å². The second-order valence-electron chi connectivity index (χ2n) is 3.89. The highest BCUT2D eigenvalue weighted by Crippen LogP contribution is 2.29. The smallest absolute Gasteiger partial charge is 0.170 e. The Bertz CT molecular complexity index is 571. The molecule has 2 rings (SSSR count). The van der Waals surface area contributed by atoms with E-state index in [2.05, 4.69) is 36.8 Å². The molecule has 9 heteroatoms. The van der Waals surface area contributed by atoms with E-state index in [-0.39, 0.29) is 5.02 Å². The maximum Gasteiger partial charge on any atom is 0.170 e. The van der Waals surface area contributed by atoms with Crippen molar-refractivity contribution in [3.63, 3.8) is 0 Å². The van der Waals surface area contributed by atoms with Crippen molar-refractivity contribution in [3.05, 3.63) is 33.3 Å². The van der Waals surface area contributed by atoms with Gasteiger partial charge in [0.2, 0.25) is 0 Å². The van der Waals surface area contributed by atoms with Gasteiger partial charge in [-0.2, -0.15) is 4.68 Å². The fourth-order valence-corrected chi connectivity index (χ4v) is 2.60. The third-order valence-electron chi connectivity index (χ3n) is 2.49. The minimum atomic E-state index is -0.432. The molecule has 0 unspecified atom stereocenters. The van der Waals surface area contributed by atoms with Crippen molar-refractivity contribution in [2.75, 3.05) is 20.3 Å². The Morgan fingerprint density at radius 3 is 3.00 bits per heavy atom. The summed E-state index contributed by atoms with van der Waals surface area (Å²) >= 11 is 9.32. The van der Waals surface area contributed by atoms with E-state index in [1.165, 1.54) is 16.8 Å². The number of methoxy groups -OCH3 is 1. The first-order valence-electron chi connectivity index (χ1n) is 5.75. The van der Waals surface area contributed by atoms with E-state index >= 15 is 0 Å². The van der Waals surface area contributed by atoms with Crippen LogP contribution in [0.1, 0.15) is 5.82 Å². The van der Waals surface area contributed by atoms with Crippen molar-refractivity contribution in [3.8, 4) is 5.69 Å². The van der Waals surface area contributed by atoms with Crippen molar-refractivity contribution in [2.45, 2.75) is 6.54 Å². The lowest BCUT2D eigenvalue weighted by Crippen LogP contribution is -2.21. The number of tetrazole rings is 1. The van der Waals surface area contributed by atoms with Gasteiger partial charge in [0.15, 0.2) is 5.82 Å². The summed E-state index contributed by atoms with van der Waals surface area (Å²) < 4.78 is 20.1. The zero-order valence-corrected chi connectivity index (χ0v) is 12.9. The largest absolute Gasteiger partial charge is 0.383 e. The molecule has 2 aromatic rings. The van der Waals surface area contributed by atoms with E-state index in [4.69, 9.17) is 16.3 Å². The van der Waals surface area contributed by atoms with Crippen LogP contribution in [0.3, 0.4) is 0 Å². The zero-order valence-electron chi connectivity index (χ0n) is 10.6. The fourth-order valence-electron chi connectivity index (χ4n) is 1.60. The van der Waals surface area contributed by atoms with Gasteiger partial charge in [0.1, 0.15) is 11.5 Å².